The van der Waals surface area contributed by atoms with Crippen LogP contribution in [-0.4, -0.2) is 21.9 Å². The normalized spacial score (nSPS) is 52.6. The van der Waals surface area contributed by atoms with Crippen molar-refractivity contribution < 1.29 is 10.2 Å². The molecule has 0 aliphatic heterocycles. The van der Waals surface area contributed by atoms with Crippen molar-refractivity contribution in [3.8, 4) is 0 Å². The molecule has 1 rings (SSSR count). The Bertz CT molecular complexity index is 142. The highest BCUT2D eigenvalue weighted by Gasteiger charge is 2.40. The fourth-order valence-corrected chi connectivity index (χ4v) is 2.29. The molecule has 0 aromatic carbocycles. The van der Waals surface area contributed by atoms with Crippen molar-refractivity contribution in [1.82, 2.24) is 0 Å². The first-order valence-corrected chi connectivity index (χ1v) is 4.34. The van der Waals surface area contributed by atoms with E-state index < -0.39 is 11.7 Å². The highest BCUT2D eigenvalue weighted by atomic mass is 16.3. The Morgan fingerprint density at radius 3 is 2.36 bits per heavy atom. The standard InChI is InChI=1S/C9H18O2/c1-6-4-7(2)8(10)9(3,11)5-6/h6-8,10-11H,4-5H2,1-3H3/t6?,7?,8-,9+/m0/s1. The van der Waals surface area contributed by atoms with Gasteiger partial charge in [0.15, 0.2) is 0 Å². The minimum Gasteiger partial charge on any atom is -0.390 e. The van der Waals surface area contributed by atoms with Gasteiger partial charge in [0.1, 0.15) is 0 Å². The second-order valence-electron chi connectivity index (χ2n) is 4.32. The first kappa shape index (κ1) is 9.01. The van der Waals surface area contributed by atoms with Crippen LogP contribution >= 0.6 is 0 Å². The van der Waals surface area contributed by atoms with E-state index in [0.29, 0.717) is 5.92 Å². The number of rotatable bonds is 0. The summed E-state index contributed by atoms with van der Waals surface area (Å²) in [4.78, 5) is 0. The molecule has 0 spiro atoms. The zero-order valence-corrected chi connectivity index (χ0v) is 7.54. The van der Waals surface area contributed by atoms with E-state index in [2.05, 4.69) is 6.92 Å². The van der Waals surface area contributed by atoms with E-state index in [9.17, 15) is 10.2 Å². The van der Waals surface area contributed by atoms with Crippen LogP contribution in [0, 0.1) is 11.8 Å². The maximum atomic E-state index is 9.73. The number of aliphatic hydroxyl groups excluding tert-OH is 1. The van der Waals surface area contributed by atoms with Gasteiger partial charge in [-0.1, -0.05) is 13.8 Å². The van der Waals surface area contributed by atoms with Crippen molar-refractivity contribution in [1.29, 1.82) is 0 Å². The lowest BCUT2D eigenvalue weighted by Gasteiger charge is -2.41. The molecule has 66 valence electrons. The predicted molar refractivity (Wildman–Crippen MR) is 44.2 cm³/mol. The third-order valence-electron chi connectivity index (χ3n) is 2.71. The van der Waals surface area contributed by atoms with Crippen LogP contribution in [-0.2, 0) is 0 Å². The third kappa shape index (κ3) is 1.74. The molecule has 0 saturated heterocycles. The van der Waals surface area contributed by atoms with Gasteiger partial charge in [0.05, 0.1) is 11.7 Å². The van der Waals surface area contributed by atoms with Crippen LogP contribution in [0.4, 0.5) is 0 Å². The Morgan fingerprint density at radius 1 is 1.36 bits per heavy atom. The molecule has 0 radical (unpaired) electrons. The molecule has 2 N–H and O–H groups in total. The van der Waals surface area contributed by atoms with Gasteiger partial charge in [0, 0.05) is 0 Å². The Hall–Kier alpha value is -0.0800. The van der Waals surface area contributed by atoms with Crippen molar-refractivity contribution in [3.05, 3.63) is 0 Å². The Balaban J connectivity index is 2.67. The second kappa shape index (κ2) is 2.76. The van der Waals surface area contributed by atoms with Crippen molar-refractivity contribution in [2.45, 2.75) is 45.3 Å². The topological polar surface area (TPSA) is 40.5 Å². The summed E-state index contributed by atoms with van der Waals surface area (Å²) in [6, 6.07) is 0. The van der Waals surface area contributed by atoms with E-state index in [1.165, 1.54) is 0 Å². The number of hydrogen-bond donors (Lipinski definition) is 2. The van der Waals surface area contributed by atoms with Crippen LogP contribution in [0.25, 0.3) is 0 Å². The molecule has 1 saturated carbocycles. The third-order valence-corrected chi connectivity index (χ3v) is 2.71. The van der Waals surface area contributed by atoms with Crippen LogP contribution < -0.4 is 0 Å². The van der Waals surface area contributed by atoms with Gasteiger partial charge < -0.3 is 10.2 Å². The maximum Gasteiger partial charge on any atom is 0.0882 e. The summed E-state index contributed by atoms with van der Waals surface area (Å²) in [5.74, 6) is 0.761. The molecule has 1 aliphatic rings. The summed E-state index contributed by atoms with van der Waals surface area (Å²) in [6.45, 7) is 5.84. The van der Waals surface area contributed by atoms with E-state index in [1.807, 2.05) is 6.92 Å². The van der Waals surface area contributed by atoms with E-state index >= 15 is 0 Å². The van der Waals surface area contributed by atoms with Crippen molar-refractivity contribution in [2.24, 2.45) is 11.8 Å². The largest absolute Gasteiger partial charge is 0.390 e. The first-order valence-electron chi connectivity index (χ1n) is 4.34. The van der Waals surface area contributed by atoms with E-state index in [-0.39, 0.29) is 5.92 Å². The van der Waals surface area contributed by atoms with Crippen LogP contribution in [0.15, 0.2) is 0 Å². The lowest BCUT2D eigenvalue weighted by atomic mass is 9.72. The second-order valence-corrected chi connectivity index (χ2v) is 4.32. The molecule has 2 unspecified atom stereocenters. The van der Waals surface area contributed by atoms with E-state index in [1.54, 1.807) is 6.92 Å². The summed E-state index contributed by atoms with van der Waals surface area (Å²) < 4.78 is 0. The minimum absolute atomic E-state index is 0.230. The lowest BCUT2D eigenvalue weighted by molar-refractivity contribution is -0.123. The lowest BCUT2D eigenvalue weighted by Crippen LogP contribution is -2.48. The summed E-state index contributed by atoms with van der Waals surface area (Å²) >= 11 is 0. The number of aliphatic hydroxyl groups is 2. The summed E-state index contributed by atoms with van der Waals surface area (Å²) in [6.07, 6.45) is 1.20. The Morgan fingerprint density at radius 2 is 1.91 bits per heavy atom. The van der Waals surface area contributed by atoms with Gasteiger partial charge >= 0.3 is 0 Å². The zero-order valence-electron chi connectivity index (χ0n) is 7.54. The summed E-state index contributed by atoms with van der Waals surface area (Å²) in [7, 11) is 0. The fourth-order valence-electron chi connectivity index (χ4n) is 2.29. The molecule has 0 aromatic heterocycles. The van der Waals surface area contributed by atoms with Gasteiger partial charge in [-0.2, -0.15) is 0 Å². The molecule has 1 aliphatic carbocycles. The van der Waals surface area contributed by atoms with Gasteiger partial charge in [-0.15, -0.1) is 0 Å². The molecule has 2 heteroatoms. The summed E-state index contributed by atoms with van der Waals surface area (Å²) in [5.41, 5.74) is -0.864. The SMILES string of the molecule is CC1CC(C)[C@H](O)[C@](C)(O)C1. The van der Waals surface area contributed by atoms with Gasteiger partial charge in [-0.3, -0.25) is 0 Å². The van der Waals surface area contributed by atoms with Gasteiger partial charge in [0.2, 0.25) is 0 Å². The molecule has 2 nitrogen and oxygen atoms in total. The van der Waals surface area contributed by atoms with Gasteiger partial charge in [-0.25, -0.2) is 0 Å². The van der Waals surface area contributed by atoms with Gasteiger partial charge in [0.25, 0.3) is 0 Å². The van der Waals surface area contributed by atoms with Crippen molar-refractivity contribution in [2.75, 3.05) is 0 Å². The van der Waals surface area contributed by atoms with Gasteiger partial charge in [-0.05, 0) is 31.6 Å². The van der Waals surface area contributed by atoms with Crippen molar-refractivity contribution >= 4 is 0 Å². The Labute approximate surface area is 68.2 Å². The Kier molecular flexibility index (Phi) is 2.26. The molecule has 1 fully saturated rings. The molecular weight excluding hydrogens is 140 g/mol. The van der Waals surface area contributed by atoms with Crippen LogP contribution in [0.3, 0.4) is 0 Å². The smallest absolute Gasteiger partial charge is 0.0882 e. The maximum absolute atomic E-state index is 9.73. The summed E-state index contributed by atoms with van der Waals surface area (Å²) in [5, 5.41) is 19.3. The average molecular weight is 158 g/mol. The molecule has 11 heavy (non-hydrogen) atoms. The quantitative estimate of drug-likeness (QED) is 0.555. The van der Waals surface area contributed by atoms with E-state index in [4.69, 9.17) is 0 Å². The number of hydrogen-bond acceptors (Lipinski definition) is 2. The predicted octanol–water partition coefficient (Wildman–Crippen LogP) is 1.16. The molecule has 0 aromatic rings. The average Bonchev–Trinajstić information content (AvgIpc) is 1.81. The molecule has 0 amide bonds. The highest BCUT2D eigenvalue weighted by molar-refractivity contribution is 4.91. The molecule has 0 heterocycles. The molecular formula is C9H18O2. The highest BCUT2D eigenvalue weighted by Crippen LogP contribution is 2.35. The molecule has 4 atom stereocenters. The fraction of sp³-hybridized carbons (Fsp3) is 1.00. The first-order chi connectivity index (χ1) is 4.93. The van der Waals surface area contributed by atoms with Crippen LogP contribution in [0.5, 0.6) is 0 Å². The van der Waals surface area contributed by atoms with E-state index in [0.717, 1.165) is 12.8 Å². The zero-order chi connectivity index (χ0) is 8.65. The van der Waals surface area contributed by atoms with Crippen LogP contribution in [0.1, 0.15) is 33.6 Å². The molecule has 0 bridgehead atoms. The van der Waals surface area contributed by atoms with Crippen LogP contribution in [0.2, 0.25) is 0 Å². The minimum atomic E-state index is -0.864. The monoisotopic (exact) mass is 158 g/mol. The van der Waals surface area contributed by atoms with Crippen molar-refractivity contribution in [3.63, 3.8) is 0 Å².